The van der Waals surface area contributed by atoms with Gasteiger partial charge in [0.25, 0.3) is 5.91 Å². The highest BCUT2D eigenvalue weighted by molar-refractivity contribution is 7.16. The van der Waals surface area contributed by atoms with E-state index in [1.54, 1.807) is 0 Å². The lowest BCUT2D eigenvalue weighted by atomic mass is 10.2. The van der Waals surface area contributed by atoms with Crippen molar-refractivity contribution in [1.29, 1.82) is 0 Å². The number of ether oxygens (including phenoxy) is 2. The van der Waals surface area contributed by atoms with E-state index in [-0.39, 0.29) is 5.56 Å². The second-order valence-corrected chi connectivity index (χ2v) is 6.85. The van der Waals surface area contributed by atoms with E-state index in [9.17, 15) is 13.6 Å². The first kappa shape index (κ1) is 20.2. The number of hydrogen-bond acceptors (Lipinski definition) is 4. The Balaban J connectivity index is 2.07. The molecule has 0 fully saturated rings. The summed E-state index contributed by atoms with van der Waals surface area (Å²) in [6, 6.07) is 8.43. The second-order valence-electron chi connectivity index (χ2n) is 5.84. The van der Waals surface area contributed by atoms with Crippen molar-refractivity contribution in [3.8, 4) is 5.75 Å². The van der Waals surface area contributed by atoms with E-state index in [4.69, 9.17) is 9.47 Å². The van der Waals surface area contributed by atoms with Crippen LogP contribution in [0.15, 0.2) is 41.4 Å². The number of amides is 1. The number of thiazole rings is 1. The molecule has 28 heavy (non-hydrogen) atoms. The number of aromatic nitrogens is 1. The zero-order valence-electron chi connectivity index (χ0n) is 15.6. The summed E-state index contributed by atoms with van der Waals surface area (Å²) in [4.78, 5) is 17.0. The number of halogens is 2. The van der Waals surface area contributed by atoms with Gasteiger partial charge < -0.3 is 14.0 Å². The quantitative estimate of drug-likeness (QED) is 0.554. The fourth-order valence-electron chi connectivity index (χ4n) is 2.72. The molecule has 0 atom stereocenters. The Morgan fingerprint density at radius 2 is 1.96 bits per heavy atom. The Hall–Kier alpha value is -2.58. The molecule has 148 valence electrons. The van der Waals surface area contributed by atoms with Gasteiger partial charge in [0.2, 0.25) is 0 Å². The minimum Gasteiger partial charge on any atom is -0.494 e. The molecular weight excluding hydrogens is 386 g/mol. The zero-order valence-corrected chi connectivity index (χ0v) is 16.4. The number of rotatable bonds is 7. The molecule has 1 amide bonds. The van der Waals surface area contributed by atoms with Gasteiger partial charge in [-0.15, -0.1) is 0 Å². The third kappa shape index (κ3) is 4.45. The fraction of sp³-hybridized carbons (Fsp3) is 0.300. The van der Waals surface area contributed by atoms with Crippen LogP contribution in [-0.2, 0) is 11.3 Å². The molecular formula is C20H20F2N2O3S. The molecule has 8 heteroatoms. The maximum absolute atomic E-state index is 13.9. The average Bonchev–Trinajstić information content (AvgIpc) is 2.98. The van der Waals surface area contributed by atoms with Gasteiger partial charge in [-0.05, 0) is 44.2 Å². The summed E-state index contributed by atoms with van der Waals surface area (Å²) in [7, 11) is 0. The number of nitrogens with zero attached hydrogens (tertiary/aromatic N) is 2. The van der Waals surface area contributed by atoms with Gasteiger partial charge >= 0.3 is 0 Å². The molecule has 0 spiro atoms. The molecule has 0 aliphatic heterocycles. The first-order valence-electron chi connectivity index (χ1n) is 8.91. The lowest BCUT2D eigenvalue weighted by Crippen LogP contribution is -2.20. The van der Waals surface area contributed by atoms with E-state index >= 15 is 0 Å². The number of hydrogen-bond donors (Lipinski definition) is 0. The Labute approximate surface area is 164 Å². The van der Waals surface area contributed by atoms with Gasteiger partial charge in [0.05, 0.1) is 29.0 Å². The van der Waals surface area contributed by atoms with Gasteiger partial charge in [-0.25, -0.2) is 8.78 Å². The number of fused-ring (bicyclic) bond motifs is 1. The van der Waals surface area contributed by atoms with Crippen molar-refractivity contribution in [2.24, 2.45) is 4.99 Å². The Morgan fingerprint density at radius 1 is 1.14 bits per heavy atom. The SMILES string of the molecule is CCOCCn1c(=NC(=O)c2ccc(F)cc2F)sc2cc(OCC)ccc21. The molecule has 0 aliphatic carbocycles. The molecule has 5 nitrogen and oxygen atoms in total. The summed E-state index contributed by atoms with van der Waals surface area (Å²) in [5.74, 6) is -1.73. The molecule has 2 aromatic carbocycles. The van der Waals surface area contributed by atoms with E-state index in [1.165, 1.54) is 11.3 Å². The third-order valence-corrected chi connectivity index (χ3v) is 5.03. The van der Waals surface area contributed by atoms with Crippen LogP contribution in [0.1, 0.15) is 24.2 Å². The lowest BCUT2D eigenvalue weighted by molar-refractivity contribution is 0.0992. The molecule has 3 rings (SSSR count). The van der Waals surface area contributed by atoms with Crippen molar-refractivity contribution < 1.29 is 23.0 Å². The molecule has 0 N–H and O–H groups in total. The highest BCUT2D eigenvalue weighted by Crippen LogP contribution is 2.23. The molecule has 0 saturated heterocycles. The third-order valence-electron chi connectivity index (χ3n) is 3.99. The first-order chi connectivity index (χ1) is 13.5. The molecule has 1 heterocycles. The maximum atomic E-state index is 13.9. The lowest BCUT2D eigenvalue weighted by Gasteiger charge is -2.06. The molecule has 0 saturated carbocycles. The highest BCUT2D eigenvalue weighted by atomic mass is 32.1. The van der Waals surface area contributed by atoms with Crippen LogP contribution < -0.4 is 9.54 Å². The summed E-state index contributed by atoms with van der Waals surface area (Å²) >= 11 is 1.30. The van der Waals surface area contributed by atoms with Crippen molar-refractivity contribution in [2.45, 2.75) is 20.4 Å². The molecule has 0 radical (unpaired) electrons. The minimum absolute atomic E-state index is 0.273. The first-order valence-corrected chi connectivity index (χ1v) is 9.73. The summed E-state index contributed by atoms with van der Waals surface area (Å²) < 4.78 is 40.7. The van der Waals surface area contributed by atoms with Crippen LogP contribution in [0.25, 0.3) is 10.2 Å². The number of carbonyl (C=O) groups is 1. The smallest absolute Gasteiger partial charge is 0.282 e. The Morgan fingerprint density at radius 3 is 2.68 bits per heavy atom. The summed E-state index contributed by atoms with van der Waals surface area (Å²) in [5.41, 5.74) is 0.601. The summed E-state index contributed by atoms with van der Waals surface area (Å²) in [6.07, 6.45) is 0. The normalized spacial score (nSPS) is 11.9. The fourth-order valence-corrected chi connectivity index (χ4v) is 3.80. The number of carbonyl (C=O) groups excluding carboxylic acids is 1. The second kappa shape index (κ2) is 9.07. The molecule has 0 bridgehead atoms. The van der Waals surface area contributed by atoms with E-state index in [0.29, 0.717) is 37.2 Å². The van der Waals surface area contributed by atoms with Gasteiger partial charge in [0.15, 0.2) is 4.80 Å². The van der Waals surface area contributed by atoms with Crippen molar-refractivity contribution >= 4 is 27.5 Å². The van der Waals surface area contributed by atoms with Gasteiger partial charge in [-0.2, -0.15) is 4.99 Å². The van der Waals surface area contributed by atoms with Gasteiger partial charge in [0.1, 0.15) is 17.4 Å². The standard InChI is InChI=1S/C20H20F2N2O3S/c1-3-26-10-9-24-17-8-6-14(27-4-2)12-18(17)28-20(24)23-19(25)15-7-5-13(21)11-16(15)22/h5-8,11-12H,3-4,9-10H2,1-2H3. The predicted molar refractivity (Wildman–Crippen MR) is 104 cm³/mol. The molecule has 1 aromatic heterocycles. The van der Waals surface area contributed by atoms with E-state index in [1.807, 2.05) is 36.6 Å². The van der Waals surface area contributed by atoms with Crippen LogP contribution in [0, 0.1) is 11.6 Å². The van der Waals surface area contributed by atoms with Crippen LogP contribution in [-0.4, -0.2) is 30.3 Å². The molecule has 0 unspecified atom stereocenters. The maximum Gasteiger partial charge on any atom is 0.282 e. The molecule has 3 aromatic rings. The average molecular weight is 406 g/mol. The van der Waals surface area contributed by atoms with E-state index < -0.39 is 17.5 Å². The van der Waals surface area contributed by atoms with Gasteiger partial charge in [-0.1, -0.05) is 11.3 Å². The Bertz CT molecular complexity index is 1060. The van der Waals surface area contributed by atoms with Crippen LogP contribution >= 0.6 is 11.3 Å². The monoisotopic (exact) mass is 406 g/mol. The van der Waals surface area contributed by atoms with Gasteiger partial charge in [0, 0.05) is 19.2 Å². The van der Waals surface area contributed by atoms with E-state index in [0.717, 1.165) is 28.1 Å². The van der Waals surface area contributed by atoms with Crippen LogP contribution in [0.2, 0.25) is 0 Å². The highest BCUT2D eigenvalue weighted by Gasteiger charge is 2.14. The Kier molecular flexibility index (Phi) is 6.53. The zero-order chi connectivity index (χ0) is 20.1. The number of benzene rings is 2. The van der Waals surface area contributed by atoms with Crippen molar-refractivity contribution in [1.82, 2.24) is 4.57 Å². The van der Waals surface area contributed by atoms with Crippen LogP contribution in [0.5, 0.6) is 5.75 Å². The van der Waals surface area contributed by atoms with Crippen LogP contribution in [0.4, 0.5) is 8.78 Å². The van der Waals surface area contributed by atoms with E-state index in [2.05, 4.69) is 4.99 Å². The van der Waals surface area contributed by atoms with Crippen molar-refractivity contribution in [3.05, 3.63) is 58.4 Å². The summed E-state index contributed by atoms with van der Waals surface area (Å²) in [6.45, 7) is 5.85. The largest absolute Gasteiger partial charge is 0.494 e. The van der Waals surface area contributed by atoms with Gasteiger partial charge in [-0.3, -0.25) is 4.79 Å². The van der Waals surface area contributed by atoms with Crippen molar-refractivity contribution in [2.75, 3.05) is 19.8 Å². The molecule has 0 aliphatic rings. The predicted octanol–water partition coefficient (Wildman–Crippen LogP) is 4.16. The topological polar surface area (TPSA) is 52.8 Å². The van der Waals surface area contributed by atoms with Crippen LogP contribution in [0.3, 0.4) is 0 Å². The summed E-state index contributed by atoms with van der Waals surface area (Å²) in [5, 5.41) is 0. The van der Waals surface area contributed by atoms with Crippen molar-refractivity contribution in [3.63, 3.8) is 0 Å². The minimum atomic E-state index is -0.936.